The van der Waals surface area contributed by atoms with E-state index in [0.29, 0.717) is 0 Å². The zero-order valence-electron chi connectivity index (χ0n) is 10.4. The zero-order chi connectivity index (χ0) is 12.0. The van der Waals surface area contributed by atoms with Gasteiger partial charge in [0.15, 0.2) is 0 Å². The molecule has 1 heterocycles. The molecule has 4 nitrogen and oxygen atoms in total. The maximum atomic E-state index is 12.0. The van der Waals surface area contributed by atoms with Gasteiger partial charge in [-0.15, -0.1) is 6.58 Å². The highest BCUT2D eigenvalue weighted by Crippen LogP contribution is 2.07. The standard InChI is InChI=1S/C12H23N3O/c1-4-5-6-8-15-9-7-13-10-11(15)12(16)14(2)3/h4,11,13H,1,5-10H2,2-3H3. The molecule has 0 bridgehead atoms. The van der Waals surface area contributed by atoms with Crippen molar-refractivity contribution in [3.63, 3.8) is 0 Å². The minimum atomic E-state index is 0.00793. The van der Waals surface area contributed by atoms with Gasteiger partial charge in [-0.25, -0.2) is 0 Å². The first kappa shape index (κ1) is 13.2. The number of carbonyl (C=O) groups excluding carboxylic acids is 1. The van der Waals surface area contributed by atoms with Crippen LogP contribution in [-0.2, 0) is 4.79 Å². The fourth-order valence-electron chi connectivity index (χ4n) is 1.99. The zero-order valence-corrected chi connectivity index (χ0v) is 10.4. The molecule has 16 heavy (non-hydrogen) atoms. The Morgan fingerprint density at radius 3 is 3.00 bits per heavy atom. The van der Waals surface area contributed by atoms with E-state index < -0.39 is 0 Å². The SMILES string of the molecule is C=CCCCN1CCNCC1C(=O)N(C)C. The van der Waals surface area contributed by atoms with Gasteiger partial charge in [0.25, 0.3) is 0 Å². The van der Waals surface area contributed by atoms with Crippen LogP contribution in [0.5, 0.6) is 0 Å². The molecule has 1 N–H and O–H groups in total. The molecule has 0 aromatic rings. The molecule has 0 aromatic carbocycles. The van der Waals surface area contributed by atoms with Gasteiger partial charge in [0.1, 0.15) is 6.04 Å². The molecule has 1 amide bonds. The van der Waals surface area contributed by atoms with Crippen molar-refractivity contribution in [2.75, 3.05) is 40.3 Å². The van der Waals surface area contributed by atoms with Crippen molar-refractivity contribution in [2.24, 2.45) is 0 Å². The van der Waals surface area contributed by atoms with Gasteiger partial charge in [0.05, 0.1) is 0 Å². The van der Waals surface area contributed by atoms with E-state index in [0.717, 1.165) is 39.0 Å². The van der Waals surface area contributed by atoms with Crippen molar-refractivity contribution in [2.45, 2.75) is 18.9 Å². The summed E-state index contributed by atoms with van der Waals surface area (Å²) in [5.41, 5.74) is 0. The number of allylic oxidation sites excluding steroid dienone is 1. The number of unbranched alkanes of at least 4 members (excludes halogenated alkanes) is 1. The summed E-state index contributed by atoms with van der Waals surface area (Å²) in [6.45, 7) is 7.41. The Morgan fingerprint density at radius 2 is 2.38 bits per heavy atom. The fraction of sp³-hybridized carbons (Fsp3) is 0.750. The van der Waals surface area contributed by atoms with Crippen LogP contribution in [0.15, 0.2) is 12.7 Å². The second-order valence-corrected chi connectivity index (χ2v) is 4.42. The van der Waals surface area contributed by atoms with Crippen LogP contribution in [-0.4, -0.2) is 62.0 Å². The Hall–Kier alpha value is -0.870. The van der Waals surface area contributed by atoms with Crippen LogP contribution in [0.3, 0.4) is 0 Å². The van der Waals surface area contributed by atoms with Gasteiger partial charge < -0.3 is 10.2 Å². The summed E-state index contributed by atoms with van der Waals surface area (Å²) in [7, 11) is 3.64. The molecular formula is C12H23N3O. The molecule has 1 unspecified atom stereocenters. The summed E-state index contributed by atoms with van der Waals surface area (Å²) in [6.07, 6.45) is 4.04. The maximum absolute atomic E-state index is 12.0. The van der Waals surface area contributed by atoms with Crippen LogP contribution in [0.1, 0.15) is 12.8 Å². The second kappa shape index (κ2) is 6.66. The number of carbonyl (C=O) groups is 1. The number of piperazine rings is 1. The quantitative estimate of drug-likeness (QED) is 0.540. The lowest BCUT2D eigenvalue weighted by molar-refractivity contribution is -0.135. The van der Waals surface area contributed by atoms with E-state index in [1.807, 2.05) is 20.2 Å². The number of hydrogen-bond donors (Lipinski definition) is 1. The third-order valence-corrected chi connectivity index (χ3v) is 2.93. The fourth-order valence-corrected chi connectivity index (χ4v) is 1.99. The number of nitrogens with one attached hydrogen (secondary N) is 1. The van der Waals surface area contributed by atoms with Gasteiger partial charge >= 0.3 is 0 Å². The molecule has 0 radical (unpaired) electrons. The minimum Gasteiger partial charge on any atom is -0.347 e. The number of rotatable bonds is 5. The van der Waals surface area contributed by atoms with Gasteiger partial charge in [0.2, 0.25) is 5.91 Å². The molecule has 1 fully saturated rings. The van der Waals surface area contributed by atoms with Crippen molar-refractivity contribution in [1.29, 1.82) is 0 Å². The summed E-state index contributed by atoms with van der Waals surface area (Å²) in [5, 5.41) is 3.28. The Bertz CT molecular complexity index is 240. The topological polar surface area (TPSA) is 35.6 Å². The first-order valence-electron chi connectivity index (χ1n) is 5.93. The van der Waals surface area contributed by atoms with Crippen LogP contribution in [0.25, 0.3) is 0 Å². The van der Waals surface area contributed by atoms with Crippen molar-refractivity contribution in [3.05, 3.63) is 12.7 Å². The Balaban J connectivity index is 2.49. The lowest BCUT2D eigenvalue weighted by Crippen LogP contribution is -2.57. The lowest BCUT2D eigenvalue weighted by atomic mass is 10.1. The third kappa shape index (κ3) is 3.61. The highest BCUT2D eigenvalue weighted by molar-refractivity contribution is 5.81. The van der Waals surface area contributed by atoms with Gasteiger partial charge in [-0.1, -0.05) is 6.08 Å². The molecule has 1 rings (SSSR count). The van der Waals surface area contributed by atoms with Gasteiger partial charge in [-0.2, -0.15) is 0 Å². The van der Waals surface area contributed by atoms with E-state index >= 15 is 0 Å². The van der Waals surface area contributed by atoms with Crippen LogP contribution in [0.2, 0.25) is 0 Å². The van der Waals surface area contributed by atoms with E-state index in [-0.39, 0.29) is 11.9 Å². The summed E-state index contributed by atoms with van der Waals surface area (Å²) in [4.78, 5) is 15.9. The van der Waals surface area contributed by atoms with Crippen molar-refractivity contribution in [1.82, 2.24) is 15.1 Å². The Labute approximate surface area is 98.3 Å². The largest absolute Gasteiger partial charge is 0.347 e. The summed E-state index contributed by atoms with van der Waals surface area (Å²) in [6, 6.07) is 0.00793. The number of likely N-dealkylation sites (N-methyl/N-ethyl adjacent to an activating group) is 1. The predicted octanol–water partition coefficient (Wildman–Crippen LogP) is 0.315. The van der Waals surface area contributed by atoms with Gasteiger partial charge in [-0.05, 0) is 19.4 Å². The second-order valence-electron chi connectivity index (χ2n) is 4.42. The normalized spacial score (nSPS) is 21.8. The first-order chi connectivity index (χ1) is 7.66. The van der Waals surface area contributed by atoms with Crippen LogP contribution in [0.4, 0.5) is 0 Å². The minimum absolute atomic E-state index is 0.00793. The Morgan fingerprint density at radius 1 is 1.62 bits per heavy atom. The molecule has 92 valence electrons. The number of amides is 1. The van der Waals surface area contributed by atoms with Crippen molar-refractivity contribution < 1.29 is 4.79 Å². The number of nitrogens with zero attached hydrogens (tertiary/aromatic N) is 2. The lowest BCUT2D eigenvalue weighted by Gasteiger charge is -2.36. The third-order valence-electron chi connectivity index (χ3n) is 2.93. The van der Waals surface area contributed by atoms with Crippen molar-refractivity contribution >= 4 is 5.91 Å². The van der Waals surface area contributed by atoms with Crippen molar-refractivity contribution in [3.8, 4) is 0 Å². The van der Waals surface area contributed by atoms with E-state index in [2.05, 4.69) is 16.8 Å². The van der Waals surface area contributed by atoms with Gasteiger partial charge in [-0.3, -0.25) is 9.69 Å². The van der Waals surface area contributed by atoms with E-state index in [1.54, 1.807) is 4.90 Å². The summed E-state index contributed by atoms with van der Waals surface area (Å²) in [5.74, 6) is 0.200. The average Bonchev–Trinajstić information content (AvgIpc) is 2.29. The molecule has 0 aliphatic carbocycles. The van der Waals surface area contributed by atoms with Crippen LogP contribution >= 0.6 is 0 Å². The molecule has 1 saturated heterocycles. The highest BCUT2D eigenvalue weighted by atomic mass is 16.2. The summed E-state index contributed by atoms with van der Waals surface area (Å²) < 4.78 is 0. The monoisotopic (exact) mass is 225 g/mol. The molecule has 0 aromatic heterocycles. The molecule has 1 atom stereocenters. The molecule has 1 aliphatic rings. The molecular weight excluding hydrogens is 202 g/mol. The molecule has 4 heteroatoms. The predicted molar refractivity (Wildman–Crippen MR) is 66.4 cm³/mol. The molecule has 1 aliphatic heterocycles. The Kier molecular flexibility index (Phi) is 5.49. The van der Waals surface area contributed by atoms with Crippen LogP contribution in [0, 0.1) is 0 Å². The van der Waals surface area contributed by atoms with E-state index in [4.69, 9.17) is 0 Å². The van der Waals surface area contributed by atoms with E-state index in [9.17, 15) is 4.79 Å². The average molecular weight is 225 g/mol. The van der Waals surface area contributed by atoms with E-state index in [1.165, 1.54) is 0 Å². The van der Waals surface area contributed by atoms with Crippen LogP contribution < -0.4 is 5.32 Å². The highest BCUT2D eigenvalue weighted by Gasteiger charge is 2.28. The first-order valence-corrected chi connectivity index (χ1v) is 5.93. The molecule has 0 saturated carbocycles. The summed E-state index contributed by atoms with van der Waals surface area (Å²) >= 11 is 0. The van der Waals surface area contributed by atoms with Gasteiger partial charge in [0, 0.05) is 33.7 Å². The smallest absolute Gasteiger partial charge is 0.240 e. The maximum Gasteiger partial charge on any atom is 0.240 e. The number of hydrogen-bond acceptors (Lipinski definition) is 3. The molecule has 0 spiro atoms.